The van der Waals surface area contributed by atoms with Crippen LogP contribution in [0.4, 0.5) is 9.59 Å². The Labute approximate surface area is 128 Å². The van der Waals surface area contributed by atoms with Gasteiger partial charge in [0.2, 0.25) is 0 Å². The van der Waals surface area contributed by atoms with Gasteiger partial charge in [0, 0.05) is 12.1 Å². The van der Waals surface area contributed by atoms with E-state index in [1.165, 1.54) is 0 Å². The fourth-order valence-electron chi connectivity index (χ4n) is 1.19. The molecule has 0 aliphatic heterocycles. The Hall–Kier alpha value is 0.00338. The van der Waals surface area contributed by atoms with Gasteiger partial charge in [-0.25, -0.2) is 0 Å². The number of hydrogen-bond acceptors (Lipinski definition) is 4. The summed E-state index contributed by atoms with van der Waals surface area (Å²) in [5.41, 5.74) is 4.29. The molecule has 7 heteroatoms. The van der Waals surface area contributed by atoms with E-state index in [1.54, 1.807) is 4.90 Å². The minimum absolute atomic E-state index is 0. The van der Waals surface area contributed by atoms with Gasteiger partial charge in [0.1, 0.15) is 5.24 Å². The second-order valence-electron chi connectivity index (χ2n) is 3.51. The number of nitrogens with two attached hydrogens (primary N) is 1. The molecular formula is C10H20N2O2S2Zn. The first kappa shape index (κ1) is 22.2. The summed E-state index contributed by atoms with van der Waals surface area (Å²) >= 11 is 8.43. The van der Waals surface area contributed by atoms with Crippen LogP contribution in [-0.2, 0) is 44.7 Å². The molecule has 0 saturated heterocycles. The predicted octanol–water partition coefficient (Wildman–Crippen LogP) is 2.16. The Morgan fingerprint density at radius 1 is 1.12 bits per heavy atom. The van der Waals surface area contributed by atoms with E-state index in [1.807, 2.05) is 13.8 Å². The molecule has 96 valence electrons. The number of primary amides is 1. The maximum absolute atomic E-state index is 11.1. The average molecular weight is 330 g/mol. The van der Waals surface area contributed by atoms with Gasteiger partial charge >= 0.3 is 19.5 Å². The molecule has 17 heavy (non-hydrogen) atoms. The zero-order valence-corrected chi connectivity index (χ0v) is 15.5. The Kier molecular flexibility index (Phi) is 16.3. The van der Waals surface area contributed by atoms with Gasteiger partial charge in [0.05, 0.1) is 5.24 Å². The van der Waals surface area contributed by atoms with Crippen LogP contribution in [0.3, 0.4) is 0 Å². The fourth-order valence-corrected chi connectivity index (χ4v) is 1.55. The first-order valence-electron chi connectivity index (χ1n) is 5.23. The van der Waals surface area contributed by atoms with Gasteiger partial charge in [-0.2, -0.15) is 0 Å². The Morgan fingerprint density at radius 3 is 1.47 bits per heavy atom. The molecule has 0 aromatic heterocycles. The van der Waals surface area contributed by atoms with Crippen LogP contribution in [0.1, 0.15) is 40.5 Å². The van der Waals surface area contributed by atoms with Crippen molar-refractivity contribution in [2.45, 2.75) is 52.6 Å². The minimum atomic E-state index is -0.750. The third kappa shape index (κ3) is 12.3. The van der Waals surface area contributed by atoms with E-state index in [0.29, 0.717) is 0 Å². The van der Waals surface area contributed by atoms with Gasteiger partial charge in [-0.1, -0.05) is 13.8 Å². The van der Waals surface area contributed by atoms with E-state index >= 15 is 0 Å². The summed E-state index contributed by atoms with van der Waals surface area (Å²) in [6.07, 6.45) is 1.93. The van der Waals surface area contributed by atoms with E-state index in [4.69, 9.17) is 4.79 Å². The monoisotopic (exact) mass is 328 g/mol. The Balaban J connectivity index is -0.000000340. The van der Waals surface area contributed by atoms with Crippen molar-refractivity contribution in [2.75, 3.05) is 0 Å². The number of carbonyl (C=O) groups is 2. The molecule has 0 heterocycles. The van der Waals surface area contributed by atoms with Crippen LogP contribution in [0.2, 0.25) is 0 Å². The molecule has 2 amide bonds. The molecule has 0 aliphatic carbocycles. The van der Waals surface area contributed by atoms with Crippen LogP contribution in [0.25, 0.3) is 0 Å². The normalized spacial score (nSPS) is 12.2. The number of nitrogens with zero attached hydrogens (tertiary/aromatic N) is 1. The van der Waals surface area contributed by atoms with Gasteiger partial charge in [0.15, 0.2) is 0 Å². The Morgan fingerprint density at radius 2 is 1.35 bits per heavy atom. The van der Waals surface area contributed by atoms with Crippen molar-refractivity contribution in [3.05, 3.63) is 0 Å². The maximum atomic E-state index is 11.1. The standard InChI is InChI=1S/C9H19NOS.CH3NOS.Zn/c1-5-7(3)10(9(11)12)8(4)6-2;2-1(3)4;/h7-8H,5-6H2,1-4H3,(H,11,12);(H3,2,3,4);/q;;+2/p-2. The molecular weight excluding hydrogens is 310 g/mol. The minimum Gasteiger partial charge on any atom is -0.719 e. The van der Waals surface area contributed by atoms with Crippen LogP contribution in [-0.4, -0.2) is 27.5 Å². The summed E-state index contributed by atoms with van der Waals surface area (Å²) in [6, 6.07) is 0.537. The molecule has 0 aromatic rings. The van der Waals surface area contributed by atoms with E-state index < -0.39 is 5.24 Å². The van der Waals surface area contributed by atoms with Crippen molar-refractivity contribution in [2.24, 2.45) is 5.73 Å². The fraction of sp³-hybridized carbons (Fsp3) is 0.800. The molecule has 4 nitrogen and oxygen atoms in total. The molecule has 0 rings (SSSR count). The molecule has 0 fully saturated rings. The van der Waals surface area contributed by atoms with Crippen molar-refractivity contribution in [1.29, 1.82) is 0 Å². The van der Waals surface area contributed by atoms with E-state index in [-0.39, 0.29) is 36.8 Å². The van der Waals surface area contributed by atoms with Gasteiger partial charge in [-0.3, -0.25) is 0 Å². The molecule has 0 spiro atoms. The van der Waals surface area contributed by atoms with Gasteiger partial charge in [-0.05, 0) is 26.7 Å². The molecule has 2 unspecified atom stereocenters. The molecule has 0 aliphatic rings. The van der Waals surface area contributed by atoms with Crippen LogP contribution in [0, 0.1) is 0 Å². The molecule has 0 radical (unpaired) electrons. The van der Waals surface area contributed by atoms with E-state index in [2.05, 4.69) is 44.8 Å². The summed E-state index contributed by atoms with van der Waals surface area (Å²) in [5, 5.41) is -0.973. The third-order valence-electron chi connectivity index (χ3n) is 2.34. The summed E-state index contributed by atoms with van der Waals surface area (Å²) in [5.74, 6) is 0. The first-order chi connectivity index (χ1) is 7.27. The Bertz CT molecular complexity index is 216. The number of carbonyl (C=O) groups excluding carboxylic acids is 2. The molecule has 0 saturated carbocycles. The van der Waals surface area contributed by atoms with E-state index in [0.717, 1.165) is 12.8 Å². The molecule has 2 atom stereocenters. The SMILES string of the molecule is CCC(C)N(C(=O)[S-])C(C)CC.NC(=O)[S-].[Zn+2]. The predicted molar refractivity (Wildman–Crippen MR) is 71.1 cm³/mol. The second-order valence-corrected chi connectivity index (χ2v) is 4.26. The van der Waals surface area contributed by atoms with Crippen molar-refractivity contribution in [3.8, 4) is 0 Å². The first-order valence-corrected chi connectivity index (χ1v) is 6.05. The van der Waals surface area contributed by atoms with Crippen molar-refractivity contribution >= 4 is 35.7 Å². The van der Waals surface area contributed by atoms with Crippen LogP contribution in [0.5, 0.6) is 0 Å². The number of hydrogen-bond donors (Lipinski definition) is 1. The summed E-state index contributed by atoms with van der Waals surface area (Å²) < 4.78 is 0. The summed E-state index contributed by atoms with van der Waals surface area (Å²) in [7, 11) is 0. The zero-order valence-electron chi connectivity index (χ0n) is 10.9. The summed E-state index contributed by atoms with van der Waals surface area (Å²) in [6.45, 7) is 8.21. The summed E-state index contributed by atoms with van der Waals surface area (Å²) in [4.78, 5) is 21.9. The largest absolute Gasteiger partial charge is 2.00 e. The quantitative estimate of drug-likeness (QED) is 0.634. The maximum Gasteiger partial charge on any atom is 2.00 e. The van der Waals surface area contributed by atoms with Crippen molar-refractivity contribution in [1.82, 2.24) is 4.90 Å². The van der Waals surface area contributed by atoms with Crippen LogP contribution in [0.15, 0.2) is 0 Å². The van der Waals surface area contributed by atoms with Gasteiger partial charge < -0.3 is 45.5 Å². The van der Waals surface area contributed by atoms with Crippen molar-refractivity contribution in [3.63, 3.8) is 0 Å². The smallest absolute Gasteiger partial charge is 0.719 e. The van der Waals surface area contributed by atoms with Gasteiger partial charge in [-0.15, -0.1) is 0 Å². The van der Waals surface area contributed by atoms with Crippen LogP contribution < -0.4 is 5.73 Å². The molecule has 0 bridgehead atoms. The number of amides is 2. The second kappa shape index (κ2) is 12.5. The topological polar surface area (TPSA) is 63.4 Å². The van der Waals surface area contributed by atoms with Crippen LogP contribution >= 0.6 is 0 Å². The average Bonchev–Trinajstić information content (AvgIpc) is 2.15. The number of rotatable bonds is 4. The zero-order chi connectivity index (χ0) is 13.3. The van der Waals surface area contributed by atoms with Gasteiger partial charge in [0.25, 0.3) is 0 Å². The molecule has 2 N–H and O–H groups in total. The van der Waals surface area contributed by atoms with E-state index in [9.17, 15) is 4.79 Å². The molecule has 0 aromatic carbocycles. The third-order valence-corrected chi connectivity index (χ3v) is 2.55. The van der Waals surface area contributed by atoms with Crippen molar-refractivity contribution < 1.29 is 29.1 Å².